The maximum Gasteiger partial charge on any atom is 0.417 e. The number of carbonyl (C=O) groups is 3. The third-order valence-corrected chi connectivity index (χ3v) is 5.13. The van der Waals surface area contributed by atoms with Gasteiger partial charge in [0.15, 0.2) is 0 Å². The van der Waals surface area contributed by atoms with Gasteiger partial charge >= 0.3 is 12.1 Å². The van der Waals surface area contributed by atoms with Crippen LogP contribution in [0.3, 0.4) is 0 Å². The van der Waals surface area contributed by atoms with Gasteiger partial charge in [-0.1, -0.05) is 12.1 Å². The third kappa shape index (κ3) is 5.11. The third-order valence-electron chi connectivity index (χ3n) is 5.13. The smallest absolute Gasteiger partial charge is 0.417 e. The molecule has 2 aromatic rings. The number of nitrogens with one attached hydrogen (secondary N) is 1. The fourth-order valence-electron chi connectivity index (χ4n) is 3.22. The van der Waals surface area contributed by atoms with Crippen molar-refractivity contribution in [2.75, 3.05) is 6.54 Å². The Balaban J connectivity index is 1.69. The zero-order chi connectivity index (χ0) is 25.3. The van der Waals surface area contributed by atoms with Crippen molar-refractivity contribution >= 4 is 17.8 Å². The molecule has 1 aliphatic rings. The van der Waals surface area contributed by atoms with Gasteiger partial charge in [0.25, 0.3) is 11.8 Å². The van der Waals surface area contributed by atoms with Gasteiger partial charge in [-0.3, -0.25) is 14.4 Å². The van der Waals surface area contributed by atoms with E-state index in [1.807, 2.05) is 0 Å². The van der Waals surface area contributed by atoms with Crippen molar-refractivity contribution in [1.29, 1.82) is 0 Å². The van der Waals surface area contributed by atoms with Gasteiger partial charge in [-0.25, -0.2) is 4.98 Å². The molecule has 2 amide bonds. The van der Waals surface area contributed by atoms with E-state index in [1.165, 1.54) is 30.9 Å². The number of aliphatic hydroxyl groups is 1. The SMILES string of the molecule is CC1(C)C(O)=C(C(=O)NCC(=O)O)C(=O)N1Cc1ccc(Oc2ccc(C(F)(F)F)cn2)cc1. The second-order valence-electron chi connectivity index (χ2n) is 7.88. The van der Waals surface area contributed by atoms with Crippen LogP contribution in [0.4, 0.5) is 13.2 Å². The Morgan fingerprint density at radius 3 is 2.32 bits per heavy atom. The summed E-state index contributed by atoms with van der Waals surface area (Å²) in [6, 6.07) is 8.19. The van der Waals surface area contributed by atoms with Crippen LogP contribution in [0, 0.1) is 0 Å². The van der Waals surface area contributed by atoms with E-state index in [4.69, 9.17) is 9.84 Å². The summed E-state index contributed by atoms with van der Waals surface area (Å²) in [5.41, 5.74) is -2.05. The Hall–Kier alpha value is -4.09. The first kappa shape index (κ1) is 24.6. The lowest BCUT2D eigenvalue weighted by atomic mass is 10.0. The predicted octanol–water partition coefficient (Wildman–Crippen LogP) is 3.03. The highest BCUT2D eigenvalue weighted by Crippen LogP contribution is 2.35. The Morgan fingerprint density at radius 2 is 1.79 bits per heavy atom. The summed E-state index contributed by atoms with van der Waals surface area (Å²) >= 11 is 0. The number of aliphatic carboxylic acids is 1. The fraction of sp³-hybridized carbons (Fsp3) is 0.273. The molecule has 0 spiro atoms. The van der Waals surface area contributed by atoms with Crippen LogP contribution in [-0.2, 0) is 27.1 Å². The van der Waals surface area contributed by atoms with E-state index in [0.29, 0.717) is 11.8 Å². The summed E-state index contributed by atoms with van der Waals surface area (Å²) in [6.07, 6.45) is -3.84. The number of carbonyl (C=O) groups excluding carboxylic acids is 2. The van der Waals surface area contributed by atoms with Crippen LogP contribution in [0.25, 0.3) is 0 Å². The zero-order valence-corrected chi connectivity index (χ0v) is 18.0. The number of nitrogens with zero attached hydrogens (tertiary/aromatic N) is 2. The van der Waals surface area contributed by atoms with Crippen LogP contribution in [-0.4, -0.2) is 50.0 Å². The molecule has 0 bridgehead atoms. The molecule has 3 N–H and O–H groups in total. The Labute approximate surface area is 191 Å². The van der Waals surface area contributed by atoms with Crippen LogP contribution < -0.4 is 10.1 Å². The lowest BCUT2D eigenvalue weighted by molar-refractivity contribution is -0.138. The molecular weight excluding hydrogens is 459 g/mol. The molecule has 34 heavy (non-hydrogen) atoms. The molecule has 9 nitrogen and oxygen atoms in total. The van der Waals surface area contributed by atoms with E-state index >= 15 is 0 Å². The topological polar surface area (TPSA) is 129 Å². The minimum absolute atomic E-state index is 0.00438. The van der Waals surface area contributed by atoms with E-state index in [0.717, 1.165) is 12.1 Å². The van der Waals surface area contributed by atoms with Crippen molar-refractivity contribution in [1.82, 2.24) is 15.2 Å². The fourth-order valence-corrected chi connectivity index (χ4v) is 3.22. The highest BCUT2D eigenvalue weighted by Gasteiger charge is 2.48. The van der Waals surface area contributed by atoms with Crippen LogP contribution in [0.5, 0.6) is 11.6 Å². The molecule has 0 fully saturated rings. The van der Waals surface area contributed by atoms with Gasteiger partial charge in [-0.2, -0.15) is 13.2 Å². The summed E-state index contributed by atoms with van der Waals surface area (Å²) in [5, 5.41) is 21.2. The van der Waals surface area contributed by atoms with E-state index in [2.05, 4.69) is 10.3 Å². The van der Waals surface area contributed by atoms with E-state index in [-0.39, 0.29) is 18.2 Å². The standard InChI is InChI=1S/C22H20F3N3O6/c1-21(2)18(31)17(19(32)27-10-16(29)30)20(33)28(21)11-12-3-6-14(7-4-12)34-15-8-5-13(9-26-15)22(23,24)25/h3-9,31H,10-11H2,1-2H3,(H,27,32)(H,29,30). The number of aliphatic hydroxyl groups excluding tert-OH is 1. The highest BCUT2D eigenvalue weighted by atomic mass is 19.4. The van der Waals surface area contributed by atoms with Crippen LogP contribution in [0.1, 0.15) is 25.0 Å². The van der Waals surface area contributed by atoms with Gasteiger partial charge < -0.3 is 25.2 Å². The van der Waals surface area contributed by atoms with Crippen molar-refractivity contribution < 1.29 is 42.5 Å². The molecule has 0 unspecified atom stereocenters. The number of halogens is 3. The molecule has 2 heterocycles. The lowest BCUT2D eigenvalue weighted by Gasteiger charge is -2.32. The van der Waals surface area contributed by atoms with Crippen molar-refractivity contribution in [3.63, 3.8) is 0 Å². The summed E-state index contributed by atoms with van der Waals surface area (Å²) in [6.45, 7) is 2.36. The molecule has 0 atom stereocenters. The lowest BCUT2D eigenvalue weighted by Crippen LogP contribution is -2.43. The number of amides is 2. The van der Waals surface area contributed by atoms with E-state index in [1.54, 1.807) is 12.1 Å². The number of hydrogen-bond donors (Lipinski definition) is 3. The molecule has 0 saturated heterocycles. The van der Waals surface area contributed by atoms with Crippen LogP contribution in [0.15, 0.2) is 53.9 Å². The van der Waals surface area contributed by atoms with Crippen molar-refractivity contribution in [2.24, 2.45) is 0 Å². The first-order chi connectivity index (χ1) is 15.8. The second-order valence-corrected chi connectivity index (χ2v) is 7.88. The molecule has 3 rings (SSSR count). The molecule has 180 valence electrons. The average Bonchev–Trinajstić information content (AvgIpc) is 2.92. The Morgan fingerprint density at radius 1 is 1.15 bits per heavy atom. The van der Waals surface area contributed by atoms with Crippen LogP contribution in [0.2, 0.25) is 0 Å². The summed E-state index contributed by atoms with van der Waals surface area (Å²) < 4.78 is 43.3. The number of ether oxygens (including phenoxy) is 1. The van der Waals surface area contributed by atoms with E-state index in [9.17, 15) is 32.7 Å². The number of pyridine rings is 1. The summed E-state index contributed by atoms with van der Waals surface area (Å²) in [7, 11) is 0. The van der Waals surface area contributed by atoms with Crippen molar-refractivity contribution in [3.05, 3.63) is 65.1 Å². The molecule has 1 aromatic heterocycles. The number of alkyl halides is 3. The average molecular weight is 479 g/mol. The molecule has 1 aliphatic heterocycles. The monoisotopic (exact) mass is 479 g/mol. The summed E-state index contributed by atoms with van der Waals surface area (Å²) in [4.78, 5) is 40.6. The van der Waals surface area contributed by atoms with Gasteiger partial charge in [-0.15, -0.1) is 0 Å². The number of carboxylic acids is 1. The number of aromatic nitrogens is 1. The van der Waals surface area contributed by atoms with Gasteiger partial charge in [-0.05, 0) is 37.6 Å². The quantitative estimate of drug-likeness (QED) is 0.521. The molecule has 1 aromatic carbocycles. The normalized spacial score (nSPS) is 15.4. The molecular formula is C22H20F3N3O6. The maximum atomic E-state index is 12.8. The predicted molar refractivity (Wildman–Crippen MR) is 111 cm³/mol. The first-order valence-corrected chi connectivity index (χ1v) is 9.86. The number of rotatable bonds is 7. The van der Waals surface area contributed by atoms with Gasteiger partial charge in [0, 0.05) is 18.8 Å². The number of hydrogen-bond acceptors (Lipinski definition) is 6. The largest absolute Gasteiger partial charge is 0.509 e. The zero-order valence-electron chi connectivity index (χ0n) is 18.0. The van der Waals surface area contributed by atoms with Gasteiger partial charge in [0.05, 0.1) is 11.1 Å². The second kappa shape index (κ2) is 9.04. The molecule has 0 saturated carbocycles. The van der Waals surface area contributed by atoms with Crippen LogP contribution >= 0.6 is 0 Å². The van der Waals surface area contributed by atoms with Gasteiger partial charge in [0.2, 0.25) is 5.88 Å². The van der Waals surface area contributed by atoms with Crippen molar-refractivity contribution in [2.45, 2.75) is 32.1 Å². The minimum Gasteiger partial charge on any atom is -0.509 e. The number of carboxylic acid groups (broad SMARTS) is 1. The van der Waals surface area contributed by atoms with E-state index < -0.39 is 52.9 Å². The maximum absolute atomic E-state index is 12.8. The Kier molecular flexibility index (Phi) is 6.53. The highest BCUT2D eigenvalue weighted by molar-refractivity contribution is 6.21. The molecule has 12 heteroatoms. The Bertz CT molecular complexity index is 1140. The van der Waals surface area contributed by atoms with Crippen molar-refractivity contribution in [3.8, 4) is 11.6 Å². The summed E-state index contributed by atoms with van der Waals surface area (Å²) in [5.74, 6) is -3.29. The van der Waals surface area contributed by atoms with Gasteiger partial charge in [0.1, 0.15) is 23.6 Å². The number of benzene rings is 1. The molecule has 0 aliphatic carbocycles. The first-order valence-electron chi connectivity index (χ1n) is 9.86. The molecule has 0 radical (unpaired) electrons. The minimum atomic E-state index is -4.51.